The maximum absolute atomic E-state index is 2.32. The van der Waals surface area contributed by atoms with Crippen molar-refractivity contribution in [2.75, 3.05) is 6.16 Å². The van der Waals surface area contributed by atoms with Crippen molar-refractivity contribution in [2.24, 2.45) is 0 Å². The molecule has 0 saturated heterocycles. The molecule has 3 aromatic carbocycles. The minimum atomic E-state index is -1.57. The second-order valence-corrected chi connectivity index (χ2v) is 9.51. The summed E-state index contributed by atoms with van der Waals surface area (Å²) in [5.41, 5.74) is 0. The van der Waals surface area contributed by atoms with E-state index >= 15 is 0 Å². The molecule has 0 bridgehead atoms. The highest BCUT2D eigenvalue weighted by molar-refractivity contribution is 7.95. The van der Waals surface area contributed by atoms with Gasteiger partial charge in [-0.05, 0) is 42.8 Å². The molecule has 0 aliphatic rings. The van der Waals surface area contributed by atoms with Gasteiger partial charge in [-0.3, -0.25) is 0 Å². The third kappa shape index (κ3) is 3.90. The Labute approximate surface area is 163 Å². The topological polar surface area (TPSA) is 0 Å². The molecular formula is C22H24IP. The molecule has 0 aliphatic heterocycles. The van der Waals surface area contributed by atoms with Crippen molar-refractivity contribution >= 4 is 23.2 Å². The van der Waals surface area contributed by atoms with E-state index in [1.807, 2.05) is 0 Å². The Kier molecular flexibility index (Phi) is 7.45. The van der Waals surface area contributed by atoms with E-state index in [1.54, 1.807) is 0 Å². The van der Waals surface area contributed by atoms with Crippen LogP contribution in [0.3, 0.4) is 0 Å². The van der Waals surface area contributed by atoms with Gasteiger partial charge in [-0.15, -0.1) is 0 Å². The predicted octanol–water partition coefficient (Wildman–Crippen LogP) is 1.78. The van der Waals surface area contributed by atoms with Crippen molar-refractivity contribution in [2.45, 2.75) is 19.8 Å². The molecule has 0 nitrogen and oxygen atoms in total. The quantitative estimate of drug-likeness (QED) is 0.400. The molecule has 24 heavy (non-hydrogen) atoms. The molecule has 2 heteroatoms. The van der Waals surface area contributed by atoms with Crippen LogP contribution in [-0.4, -0.2) is 6.16 Å². The van der Waals surface area contributed by atoms with Crippen LogP contribution in [0.1, 0.15) is 19.8 Å². The Bertz CT molecular complexity index is 614. The summed E-state index contributed by atoms with van der Waals surface area (Å²) < 4.78 is 0. The van der Waals surface area contributed by atoms with Crippen LogP contribution in [0.5, 0.6) is 0 Å². The Hall–Kier alpha value is -1.18. The monoisotopic (exact) mass is 446 g/mol. The van der Waals surface area contributed by atoms with Crippen LogP contribution in [0.4, 0.5) is 0 Å². The lowest BCUT2D eigenvalue weighted by Crippen LogP contribution is -3.00. The number of unbranched alkanes of at least 4 members (excludes halogenated alkanes) is 1. The van der Waals surface area contributed by atoms with E-state index in [1.165, 1.54) is 34.9 Å². The highest BCUT2D eigenvalue weighted by atomic mass is 127. The van der Waals surface area contributed by atoms with Crippen LogP contribution < -0.4 is 39.9 Å². The SMILES string of the molecule is CCCC[P+](c1ccccc1)(c1ccccc1)c1ccccc1.[I-]. The summed E-state index contributed by atoms with van der Waals surface area (Å²) in [5, 5.41) is 4.47. The van der Waals surface area contributed by atoms with Crippen molar-refractivity contribution < 1.29 is 24.0 Å². The van der Waals surface area contributed by atoms with Gasteiger partial charge in [-0.25, -0.2) is 0 Å². The third-order valence-corrected chi connectivity index (χ3v) is 8.96. The fourth-order valence-corrected chi connectivity index (χ4v) is 7.78. The average Bonchev–Trinajstić information content (AvgIpc) is 2.65. The third-order valence-electron chi connectivity index (χ3n) is 4.44. The minimum Gasteiger partial charge on any atom is -1.00 e. The van der Waals surface area contributed by atoms with Gasteiger partial charge in [0.05, 0.1) is 6.16 Å². The Morgan fingerprint density at radius 2 is 0.917 bits per heavy atom. The van der Waals surface area contributed by atoms with Gasteiger partial charge >= 0.3 is 0 Å². The molecule has 0 aliphatic carbocycles. The first kappa shape index (κ1) is 19.1. The molecule has 0 N–H and O–H groups in total. The Balaban J connectivity index is 0.00000208. The summed E-state index contributed by atoms with van der Waals surface area (Å²) in [5.74, 6) is 0. The molecule has 0 spiro atoms. The molecule has 0 amide bonds. The molecular weight excluding hydrogens is 422 g/mol. The first-order valence-corrected chi connectivity index (χ1v) is 10.4. The van der Waals surface area contributed by atoms with Crippen molar-refractivity contribution in [3.63, 3.8) is 0 Å². The summed E-state index contributed by atoms with van der Waals surface area (Å²) in [6.45, 7) is 2.29. The highest BCUT2D eigenvalue weighted by Crippen LogP contribution is 2.55. The van der Waals surface area contributed by atoms with Gasteiger partial charge in [-0.1, -0.05) is 67.9 Å². The van der Waals surface area contributed by atoms with Crippen LogP contribution >= 0.6 is 7.26 Å². The molecule has 3 rings (SSSR count). The molecule has 0 fully saturated rings. The molecule has 0 unspecified atom stereocenters. The van der Waals surface area contributed by atoms with Crippen LogP contribution in [-0.2, 0) is 0 Å². The molecule has 0 aromatic heterocycles. The number of hydrogen-bond donors (Lipinski definition) is 0. The van der Waals surface area contributed by atoms with E-state index in [0.717, 1.165) is 0 Å². The van der Waals surface area contributed by atoms with Crippen molar-refractivity contribution in [3.05, 3.63) is 91.0 Å². The van der Waals surface area contributed by atoms with Crippen LogP contribution in [0.25, 0.3) is 0 Å². The summed E-state index contributed by atoms with van der Waals surface area (Å²) in [7, 11) is -1.57. The summed E-state index contributed by atoms with van der Waals surface area (Å²) in [6.07, 6.45) is 3.72. The van der Waals surface area contributed by atoms with Crippen molar-refractivity contribution in [3.8, 4) is 0 Å². The van der Waals surface area contributed by atoms with Gasteiger partial charge in [0, 0.05) is 0 Å². The number of rotatable bonds is 6. The van der Waals surface area contributed by atoms with Crippen molar-refractivity contribution in [1.82, 2.24) is 0 Å². The fraction of sp³-hybridized carbons (Fsp3) is 0.182. The van der Waals surface area contributed by atoms with E-state index in [-0.39, 0.29) is 24.0 Å². The van der Waals surface area contributed by atoms with Crippen LogP contribution in [0.15, 0.2) is 91.0 Å². The van der Waals surface area contributed by atoms with E-state index in [2.05, 4.69) is 97.9 Å². The molecule has 3 aromatic rings. The molecule has 0 saturated carbocycles. The average molecular weight is 446 g/mol. The summed E-state index contributed by atoms with van der Waals surface area (Å²) in [6, 6.07) is 33.4. The van der Waals surface area contributed by atoms with Crippen molar-refractivity contribution in [1.29, 1.82) is 0 Å². The maximum Gasteiger partial charge on any atom is 0.112 e. The summed E-state index contributed by atoms with van der Waals surface area (Å²) >= 11 is 0. The van der Waals surface area contributed by atoms with E-state index in [0.29, 0.717) is 0 Å². The number of hydrogen-bond acceptors (Lipinski definition) is 0. The van der Waals surface area contributed by atoms with Gasteiger partial charge in [0.2, 0.25) is 0 Å². The summed E-state index contributed by atoms with van der Waals surface area (Å²) in [4.78, 5) is 0. The van der Waals surface area contributed by atoms with Gasteiger partial charge < -0.3 is 24.0 Å². The van der Waals surface area contributed by atoms with Gasteiger partial charge in [0.1, 0.15) is 23.2 Å². The standard InChI is InChI=1S/C22H24P.HI/c1-2-3-19-23(20-13-7-4-8-14-20,21-15-9-5-10-16-21)22-17-11-6-12-18-22;/h4-18H,2-3,19H2,1H3;1H/q+1;/p-1. The van der Waals surface area contributed by atoms with E-state index in [4.69, 9.17) is 0 Å². The Morgan fingerprint density at radius 1 is 0.583 bits per heavy atom. The Morgan fingerprint density at radius 3 is 1.21 bits per heavy atom. The minimum absolute atomic E-state index is 0. The van der Waals surface area contributed by atoms with Crippen LogP contribution in [0, 0.1) is 0 Å². The molecule has 0 radical (unpaired) electrons. The van der Waals surface area contributed by atoms with Gasteiger partial charge in [0.15, 0.2) is 0 Å². The molecule has 124 valence electrons. The normalized spacial score (nSPS) is 10.9. The lowest BCUT2D eigenvalue weighted by molar-refractivity contribution is -0.00000454. The largest absolute Gasteiger partial charge is 1.00 e. The zero-order chi connectivity index (χ0) is 16.0. The molecule has 0 atom stereocenters. The van der Waals surface area contributed by atoms with Crippen LogP contribution in [0.2, 0.25) is 0 Å². The zero-order valence-electron chi connectivity index (χ0n) is 14.1. The first-order valence-electron chi connectivity index (χ1n) is 8.43. The second kappa shape index (κ2) is 9.34. The maximum atomic E-state index is 2.32. The second-order valence-electron chi connectivity index (χ2n) is 5.89. The predicted molar refractivity (Wildman–Crippen MR) is 105 cm³/mol. The van der Waals surface area contributed by atoms with E-state index < -0.39 is 7.26 Å². The molecule has 0 heterocycles. The van der Waals surface area contributed by atoms with Gasteiger partial charge in [-0.2, -0.15) is 0 Å². The lowest BCUT2D eigenvalue weighted by atomic mass is 10.3. The van der Waals surface area contributed by atoms with E-state index in [9.17, 15) is 0 Å². The first-order chi connectivity index (χ1) is 11.4. The highest BCUT2D eigenvalue weighted by Gasteiger charge is 2.44. The number of halogens is 1. The van der Waals surface area contributed by atoms with Gasteiger partial charge in [0.25, 0.3) is 0 Å². The lowest BCUT2D eigenvalue weighted by Gasteiger charge is -2.27. The smallest absolute Gasteiger partial charge is 0.112 e. The zero-order valence-corrected chi connectivity index (χ0v) is 17.2. The number of benzene rings is 3. The fourth-order valence-electron chi connectivity index (χ4n) is 3.28.